The number of ether oxygens (including phenoxy) is 1. The molecule has 4 atom stereocenters. The molecule has 3 N–H and O–H groups in total. The molecule has 0 spiro atoms. The first kappa shape index (κ1) is 13.7. The third kappa shape index (κ3) is 1.77. The summed E-state index contributed by atoms with van der Waals surface area (Å²) < 4.78 is 6.86. The number of hydrogen-bond donors (Lipinski definition) is 3. The first-order valence-corrected chi connectivity index (χ1v) is 6.30. The van der Waals surface area contributed by atoms with Crippen LogP contribution in [0.1, 0.15) is 18.7 Å². The fourth-order valence-electron chi connectivity index (χ4n) is 2.60. The van der Waals surface area contributed by atoms with Crippen LogP contribution in [0.5, 0.6) is 0 Å². The number of aliphatic hydroxyl groups is 2. The Bertz CT molecular complexity index is 778. The summed E-state index contributed by atoms with van der Waals surface area (Å²) in [4.78, 5) is 18.0. The molecule has 0 radical (unpaired) electrons. The maximum Gasteiger partial charge on any atom is 0.294 e. The summed E-state index contributed by atoms with van der Waals surface area (Å²) >= 11 is 0. The molecular weight excluding hydrogens is 278 g/mol. The number of hydrogen-bond acceptors (Lipinski definition) is 7. The second kappa shape index (κ2) is 4.63. The molecule has 0 bridgehead atoms. The van der Waals surface area contributed by atoms with Crippen LogP contribution >= 0.6 is 0 Å². The highest BCUT2D eigenvalue weighted by Gasteiger charge is 2.55. The number of aliphatic hydroxyl groups excluding tert-OH is 2. The number of H-pyrrole nitrogens is 1. The number of aromatic nitrogens is 4. The number of rotatable bonds is 2. The topological polar surface area (TPSA) is 137 Å². The van der Waals surface area contributed by atoms with Gasteiger partial charge in [0.25, 0.3) is 5.56 Å². The third-order valence-electron chi connectivity index (χ3n) is 3.85. The van der Waals surface area contributed by atoms with E-state index in [0.29, 0.717) is 5.69 Å². The first-order chi connectivity index (χ1) is 10.0. The molecule has 2 aromatic rings. The van der Waals surface area contributed by atoms with Crippen molar-refractivity contribution in [2.24, 2.45) is 5.41 Å². The number of fused-ring (bicyclic) bond motifs is 1. The summed E-state index contributed by atoms with van der Waals surface area (Å²) in [5.41, 5.74) is -1.27. The average Bonchev–Trinajstić information content (AvgIpc) is 3.01. The van der Waals surface area contributed by atoms with Gasteiger partial charge in [-0.1, -0.05) is 0 Å². The number of aromatic amines is 1. The normalized spacial score (nSPS) is 32.4. The van der Waals surface area contributed by atoms with Gasteiger partial charge in [0.1, 0.15) is 30.1 Å². The number of imidazole rings is 1. The third-order valence-corrected chi connectivity index (χ3v) is 3.85. The highest BCUT2D eigenvalue weighted by molar-refractivity contribution is 5.37. The Labute approximate surface area is 118 Å². The lowest BCUT2D eigenvalue weighted by atomic mass is 9.80. The van der Waals surface area contributed by atoms with Crippen molar-refractivity contribution in [2.45, 2.75) is 25.2 Å². The van der Waals surface area contributed by atoms with Crippen LogP contribution in [0.4, 0.5) is 0 Å². The van der Waals surface area contributed by atoms with Crippen molar-refractivity contribution in [3.05, 3.63) is 28.6 Å². The first-order valence-electron chi connectivity index (χ1n) is 6.30. The van der Waals surface area contributed by atoms with E-state index in [4.69, 9.17) is 4.74 Å². The monoisotopic (exact) mass is 291 g/mol. The van der Waals surface area contributed by atoms with Gasteiger partial charge >= 0.3 is 0 Å². The van der Waals surface area contributed by atoms with Crippen molar-refractivity contribution < 1.29 is 14.9 Å². The number of nitriles is 1. The standard InChI is InChI=1S/C12H13N5O4/c1-12(4-13)8(19)7(3-18)21-9(12)6-2-14-10-11(20)15-5-16-17(6)10/h2,5,7-9,18-19H,3H2,1H3,(H,15,16,20)/t7-,8-,9+,12-/m1/s1. The van der Waals surface area contributed by atoms with Gasteiger partial charge in [0.2, 0.25) is 5.65 Å². The molecule has 3 heterocycles. The Morgan fingerprint density at radius 3 is 3.10 bits per heavy atom. The lowest BCUT2D eigenvalue weighted by Gasteiger charge is -2.24. The average molecular weight is 291 g/mol. The van der Waals surface area contributed by atoms with Gasteiger partial charge in [-0.05, 0) is 6.92 Å². The minimum Gasteiger partial charge on any atom is -0.394 e. The number of nitrogens with zero attached hydrogens (tertiary/aromatic N) is 4. The Kier molecular flexibility index (Phi) is 3.02. The molecule has 21 heavy (non-hydrogen) atoms. The van der Waals surface area contributed by atoms with E-state index in [1.165, 1.54) is 24.0 Å². The van der Waals surface area contributed by atoms with E-state index in [2.05, 4.69) is 15.1 Å². The molecular formula is C12H13N5O4. The van der Waals surface area contributed by atoms with Gasteiger partial charge in [-0.2, -0.15) is 10.4 Å². The van der Waals surface area contributed by atoms with E-state index in [1.807, 2.05) is 6.07 Å². The van der Waals surface area contributed by atoms with Gasteiger partial charge in [-0.15, -0.1) is 0 Å². The zero-order chi connectivity index (χ0) is 15.2. The molecule has 0 aromatic carbocycles. The van der Waals surface area contributed by atoms with Crippen molar-refractivity contribution in [3.63, 3.8) is 0 Å². The van der Waals surface area contributed by atoms with Crippen LogP contribution in [0.15, 0.2) is 17.3 Å². The summed E-state index contributed by atoms with van der Waals surface area (Å²) in [7, 11) is 0. The molecule has 0 saturated carbocycles. The number of nitrogens with one attached hydrogen (secondary N) is 1. The smallest absolute Gasteiger partial charge is 0.294 e. The molecule has 3 rings (SSSR count). The molecule has 1 aliphatic heterocycles. The van der Waals surface area contributed by atoms with Crippen molar-refractivity contribution >= 4 is 5.65 Å². The fraction of sp³-hybridized carbons (Fsp3) is 0.500. The summed E-state index contributed by atoms with van der Waals surface area (Å²) in [6.07, 6.45) is -0.320. The molecule has 1 saturated heterocycles. The highest BCUT2D eigenvalue weighted by atomic mass is 16.5. The van der Waals surface area contributed by atoms with Gasteiger partial charge in [-0.25, -0.2) is 9.50 Å². The summed E-state index contributed by atoms with van der Waals surface area (Å²) in [5, 5.41) is 32.8. The van der Waals surface area contributed by atoms with Crippen molar-refractivity contribution in [1.82, 2.24) is 19.6 Å². The molecule has 2 aromatic heterocycles. The maximum atomic E-state index is 11.6. The molecule has 1 fully saturated rings. The lowest BCUT2D eigenvalue weighted by molar-refractivity contribution is -0.0241. The van der Waals surface area contributed by atoms with Crippen LogP contribution in [0.3, 0.4) is 0 Å². The summed E-state index contributed by atoms with van der Waals surface area (Å²) in [5.74, 6) is 0. The molecule has 1 aliphatic rings. The maximum absolute atomic E-state index is 11.6. The quantitative estimate of drug-likeness (QED) is 0.628. The van der Waals surface area contributed by atoms with Gasteiger partial charge in [0, 0.05) is 0 Å². The van der Waals surface area contributed by atoms with E-state index < -0.39 is 35.9 Å². The zero-order valence-corrected chi connectivity index (χ0v) is 11.1. The molecule has 0 unspecified atom stereocenters. The van der Waals surface area contributed by atoms with E-state index in [1.54, 1.807) is 0 Å². The van der Waals surface area contributed by atoms with Crippen LogP contribution in [-0.4, -0.2) is 48.6 Å². The van der Waals surface area contributed by atoms with Crippen molar-refractivity contribution in [2.75, 3.05) is 6.61 Å². The molecule has 110 valence electrons. The Balaban J connectivity index is 2.16. The Morgan fingerprint density at radius 1 is 1.67 bits per heavy atom. The highest BCUT2D eigenvalue weighted by Crippen LogP contribution is 2.47. The van der Waals surface area contributed by atoms with Gasteiger partial charge in [0.05, 0.1) is 24.6 Å². The molecule has 9 nitrogen and oxygen atoms in total. The lowest BCUT2D eigenvalue weighted by Crippen LogP contribution is -2.36. The second-order valence-electron chi connectivity index (χ2n) is 5.11. The minimum absolute atomic E-state index is 0.0679. The molecule has 0 aliphatic carbocycles. The van der Waals surface area contributed by atoms with Gasteiger partial charge < -0.3 is 19.9 Å². The van der Waals surface area contributed by atoms with Crippen LogP contribution < -0.4 is 5.56 Å². The van der Waals surface area contributed by atoms with E-state index >= 15 is 0 Å². The van der Waals surface area contributed by atoms with E-state index in [9.17, 15) is 20.3 Å². The molecule has 0 amide bonds. The van der Waals surface area contributed by atoms with Crippen molar-refractivity contribution in [1.29, 1.82) is 5.26 Å². The van der Waals surface area contributed by atoms with Crippen LogP contribution in [0, 0.1) is 16.7 Å². The zero-order valence-electron chi connectivity index (χ0n) is 11.1. The van der Waals surface area contributed by atoms with Crippen LogP contribution in [0.2, 0.25) is 0 Å². The minimum atomic E-state index is -1.28. The van der Waals surface area contributed by atoms with Crippen LogP contribution in [-0.2, 0) is 4.74 Å². The summed E-state index contributed by atoms with van der Waals surface area (Å²) in [6.45, 7) is 1.12. The largest absolute Gasteiger partial charge is 0.394 e. The molecule has 9 heteroatoms. The SMILES string of the molecule is C[C@@]1(C#N)[C@H](O)[C@@H](CO)O[C@H]1c1cnc2c(=O)[nH]cnn12. The van der Waals surface area contributed by atoms with Gasteiger partial charge in [-0.3, -0.25) is 4.79 Å². The predicted molar refractivity (Wildman–Crippen MR) is 68.0 cm³/mol. The second-order valence-corrected chi connectivity index (χ2v) is 5.11. The van der Waals surface area contributed by atoms with Gasteiger partial charge in [0.15, 0.2) is 0 Å². The summed E-state index contributed by atoms with van der Waals surface area (Å²) in [6, 6.07) is 2.03. The predicted octanol–water partition coefficient (Wildman–Crippen LogP) is -1.26. The Hall–Kier alpha value is -2.28. The van der Waals surface area contributed by atoms with E-state index in [-0.39, 0.29) is 5.65 Å². The fourth-order valence-corrected chi connectivity index (χ4v) is 2.60. The van der Waals surface area contributed by atoms with Crippen molar-refractivity contribution in [3.8, 4) is 6.07 Å². The van der Waals surface area contributed by atoms with Crippen LogP contribution in [0.25, 0.3) is 5.65 Å². The Morgan fingerprint density at radius 2 is 2.43 bits per heavy atom. The van der Waals surface area contributed by atoms with E-state index in [0.717, 1.165) is 0 Å².